The number of aromatic nitrogens is 1. The number of nitrogens with one attached hydrogen (secondary N) is 9. The van der Waals surface area contributed by atoms with Crippen LogP contribution in [0.5, 0.6) is 0 Å². The quantitative estimate of drug-likeness (QED) is 0.0368. The lowest BCUT2D eigenvalue weighted by atomic mass is 10.0. The first kappa shape index (κ1) is 64.5. The van der Waals surface area contributed by atoms with Crippen LogP contribution >= 0.6 is 21.6 Å². The number of aliphatic hydroxyl groups is 3. The van der Waals surface area contributed by atoms with E-state index in [0.717, 1.165) is 38.1 Å². The maximum atomic E-state index is 14.8. The fourth-order valence-corrected chi connectivity index (χ4v) is 10.1. The number of hydrogen-bond donors (Lipinski definition) is 13. The topological polar surface area (TPSA) is 352 Å². The lowest BCUT2D eigenvalue weighted by molar-refractivity contribution is -0.156. The van der Waals surface area contributed by atoms with Crippen LogP contribution in [0, 0.1) is 0 Å². The number of hydrogen-bond acceptors (Lipinski definition) is 15. The van der Waals surface area contributed by atoms with Crippen LogP contribution in [0.2, 0.25) is 0 Å². The summed E-state index contributed by atoms with van der Waals surface area (Å²) < 4.78 is 31.2. The number of aldehydes is 1. The third-order valence-electron chi connectivity index (χ3n) is 12.1. The number of rotatable bonds is 17. The Hall–Kier alpha value is -7.04. The maximum Gasteiger partial charge on any atom is 0.446 e. The Morgan fingerprint density at radius 3 is 1.91 bits per heavy atom. The number of aliphatic hydroxyl groups excluding tert-OH is 3. The van der Waals surface area contributed by atoms with Crippen LogP contribution in [-0.2, 0) is 62.4 Å². The molecule has 0 saturated carbocycles. The summed E-state index contributed by atoms with van der Waals surface area (Å²) in [4.78, 5) is 124. The van der Waals surface area contributed by atoms with Crippen molar-refractivity contribution >= 4 is 86.0 Å². The van der Waals surface area contributed by atoms with Crippen LogP contribution < -0.4 is 48.3 Å². The molecule has 430 valence electrons. The Bertz CT molecular complexity index is 2670. The second-order valence-corrected chi connectivity index (χ2v) is 21.0. The lowest BCUT2D eigenvalue weighted by Crippen LogP contribution is -2.62. The summed E-state index contributed by atoms with van der Waals surface area (Å²) in [5.41, 5.74) is 9.13. The highest BCUT2D eigenvalue weighted by Crippen LogP contribution is 2.24. The van der Waals surface area contributed by atoms with Gasteiger partial charge in [0.25, 0.3) is 0 Å². The van der Waals surface area contributed by atoms with Crippen LogP contribution in [0.15, 0.2) is 91.1 Å². The molecule has 8 amide bonds. The number of nitrogens with two attached hydrogens (primary N) is 1. The normalized spacial score (nSPS) is 21.6. The smallest absolute Gasteiger partial charge is 0.394 e. The molecule has 22 nitrogen and oxygen atoms in total. The fraction of sp³-hybridized carbons (Fsp3) is 0.442. The van der Waals surface area contributed by atoms with Gasteiger partial charge >= 0.3 is 6.18 Å². The molecule has 1 aliphatic heterocycles. The second-order valence-electron chi connectivity index (χ2n) is 18.5. The highest BCUT2D eigenvalue weighted by Gasteiger charge is 2.36. The van der Waals surface area contributed by atoms with Gasteiger partial charge in [0.2, 0.25) is 53.5 Å². The van der Waals surface area contributed by atoms with Crippen molar-refractivity contribution in [2.45, 2.75) is 120 Å². The molecule has 5 rings (SSSR count). The van der Waals surface area contributed by atoms with Gasteiger partial charge in [-0.15, -0.1) is 0 Å². The van der Waals surface area contributed by atoms with Gasteiger partial charge in [0.15, 0.2) is 0 Å². The van der Waals surface area contributed by atoms with E-state index in [1.807, 2.05) is 24.3 Å². The van der Waals surface area contributed by atoms with E-state index in [-0.39, 0.29) is 56.1 Å². The number of alkyl halides is 3. The number of halogens is 3. The van der Waals surface area contributed by atoms with Gasteiger partial charge in [0.1, 0.15) is 36.3 Å². The molecular formula is C52H67F3N10O12S2. The van der Waals surface area contributed by atoms with Crippen molar-refractivity contribution in [3.8, 4) is 0 Å². The number of amides is 8. The summed E-state index contributed by atoms with van der Waals surface area (Å²) in [6.45, 7) is 3.31. The lowest BCUT2D eigenvalue weighted by Gasteiger charge is -2.29. The molecule has 3 aromatic carbocycles. The summed E-state index contributed by atoms with van der Waals surface area (Å²) in [6.07, 6.45) is -6.82. The zero-order valence-electron chi connectivity index (χ0n) is 43.4. The molecule has 79 heavy (non-hydrogen) atoms. The molecule has 14 N–H and O–H groups in total. The highest BCUT2D eigenvalue weighted by molar-refractivity contribution is 8.76. The van der Waals surface area contributed by atoms with Crippen molar-refractivity contribution < 1.29 is 71.6 Å². The Balaban J connectivity index is 0.00000212. The standard InChI is InChI=1S/C50H66N10O11S2.C2HF3O/c1-28(62)40(25-61)57-49(70)42-27-73-72-26-41(58-44(65)35(51)21-31-13-6-4-7-14-31)48(69)55-38(22-32-15-8-5-9-16-32)46(67)56-39(23-33-24-53-36-18-11-10-17-34(33)36)47(68)54-37(19-12-20-52-30(3)64)45(66)60-43(29(2)63)50(71)59-42;3-2(4,5)1-6/h4-11,13-18,24,28-29,35,37-43,53,61-63H,12,19-23,25-27,51H2,1-3H3,(H,52,64)(H,54,68)(H,55,69)(H,56,67)(H,57,70)(H,58,65)(H,59,71)(H,60,66);1H. The van der Waals surface area contributed by atoms with Crippen LogP contribution in [0.25, 0.3) is 10.9 Å². The second kappa shape index (κ2) is 32.1. The average molecular weight is 1150 g/mol. The van der Waals surface area contributed by atoms with Crippen LogP contribution in [0.4, 0.5) is 13.2 Å². The van der Waals surface area contributed by atoms with Crippen LogP contribution in [0.3, 0.4) is 0 Å². The summed E-state index contributed by atoms with van der Waals surface area (Å²) >= 11 is 0. The van der Waals surface area contributed by atoms with E-state index in [9.17, 15) is 66.8 Å². The fourth-order valence-electron chi connectivity index (χ4n) is 7.81. The first-order chi connectivity index (χ1) is 37.5. The molecule has 0 aliphatic carbocycles. The van der Waals surface area contributed by atoms with Gasteiger partial charge in [-0.1, -0.05) is 100 Å². The van der Waals surface area contributed by atoms with Crippen molar-refractivity contribution in [3.63, 3.8) is 0 Å². The van der Waals surface area contributed by atoms with Crippen molar-refractivity contribution in [3.05, 3.63) is 108 Å². The molecule has 0 spiro atoms. The predicted octanol–water partition coefficient (Wildman–Crippen LogP) is -0.270. The monoisotopic (exact) mass is 1140 g/mol. The minimum atomic E-state index is -4.64. The van der Waals surface area contributed by atoms with E-state index >= 15 is 0 Å². The number of carbonyl (C=O) groups is 9. The van der Waals surface area contributed by atoms with E-state index in [0.29, 0.717) is 11.1 Å². The molecule has 10 unspecified atom stereocenters. The van der Waals surface area contributed by atoms with Gasteiger partial charge in [-0.3, -0.25) is 43.2 Å². The Morgan fingerprint density at radius 2 is 1.32 bits per heavy atom. The van der Waals surface area contributed by atoms with Crippen molar-refractivity contribution in [1.29, 1.82) is 0 Å². The van der Waals surface area contributed by atoms with Gasteiger partial charge < -0.3 is 68.6 Å². The Morgan fingerprint density at radius 1 is 0.759 bits per heavy atom. The minimum absolute atomic E-state index is 0.0669. The van der Waals surface area contributed by atoms with Gasteiger partial charge in [-0.05, 0) is 55.9 Å². The van der Waals surface area contributed by atoms with E-state index in [1.165, 1.54) is 20.8 Å². The molecule has 1 aliphatic rings. The van der Waals surface area contributed by atoms with E-state index < -0.39 is 121 Å². The minimum Gasteiger partial charge on any atom is -0.394 e. The number of carbonyl (C=O) groups excluding carboxylic acids is 9. The van der Waals surface area contributed by atoms with Gasteiger partial charge in [0.05, 0.1) is 30.9 Å². The maximum absolute atomic E-state index is 14.8. The van der Waals surface area contributed by atoms with Crippen molar-refractivity contribution in [2.75, 3.05) is 24.7 Å². The van der Waals surface area contributed by atoms with Crippen LogP contribution in [0.1, 0.15) is 50.3 Å². The van der Waals surface area contributed by atoms with Crippen molar-refractivity contribution in [1.82, 2.24) is 47.5 Å². The first-order valence-electron chi connectivity index (χ1n) is 25.0. The summed E-state index contributed by atoms with van der Waals surface area (Å²) in [5, 5.41) is 53.0. The van der Waals surface area contributed by atoms with E-state index in [2.05, 4.69) is 47.5 Å². The summed E-state index contributed by atoms with van der Waals surface area (Å²) in [5.74, 6) is -6.64. The number of fused-ring (bicyclic) bond motifs is 1. The zero-order valence-corrected chi connectivity index (χ0v) is 45.1. The first-order valence-corrected chi connectivity index (χ1v) is 27.5. The molecule has 2 heterocycles. The van der Waals surface area contributed by atoms with E-state index in [1.54, 1.807) is 66.9 Å². The highest BCUT2D eigenvalue weighted by atomic mass is 33.1. The zero-order chi connectivity index (χ0) is 58.2. The average Bonchev–Trinajstić information content (AvgIpc) is 3.84. The molecular weight excluding hydrogens is 1080 g/mol. The summed E-state index contributed by atoms with van der Waals surface area (Å²) in [7, 11) is 2.03. The molecule has 27 heteroatoms. The number of benzene rings is 3. The molecule has 0 radical (unpaired) electrons. The third-order valence-corrected chi connectivity index (χ3v) is 14.5. The van der Waals surface area contributed by atoms with Crippen molar-refractivity contribution in [2.24, 2.45) is 5.73 Å². The van der Waals surface area contributed by atoms with Gasteiger partial charge in [0, 0.05) is 54.9 Å². The molecule has 0 bridgehead atoms. The number of aromatic amines is 1. The summed E-state index contributed by atoms with van der Waals surface area (Å²) in [6, 6.07) is 14.1. The molecule has 4 aromatic rings. The predicted molar refractivity (Wildman–Crippen MR) is 289 cm³/mol. The molecule has 1 fully saturated rings. The Labute approximate surface area is 461 Å². The molecule has 1 saturated heterocycles. The van der Waals surface area contributed by atoms with Gasteiger partial charge in [-0.2, -0.15) is 13.2 Å². The largest absolute Gasteiger partial charge is 0.446 e. The molecule has 10 atom stereocenters. The third kappa shape index (κ3) is 22.0. The Kier molecular flexibility index (Phi) is 26.2. The van der Waals surface area contributed by atoms with Gasteiger partial charge in [-0.25, -0.2) is 0 Å². The van der Waals surface area contributed by atoms with Crippen LogP contribution in [-0.4, -0.2) is 165 Å². The number of H-pyrrole nitrogens is 1. The van der Waals surface area contributed by atoms with E-state index in [4.69, 9.17) is 10.5 Å². The SMILES string of the molecule is CC(=O)NCCCC1NC(=O)C(Cc2c[nH]c3ccccc23)NC(=O)C(Cc2ccccc2)NC(=O)C(NC(=O)C(N)Cc2ccccc2)CSSCC(C(=O)NC(CO)C(C)O)NC(=O)C(C(C)O)NC1=O.O=CC(F)(F)F. The number of para-hydroxylation sites is 1. The molecule has 1 aromatic heterocycles.